The second-order valence-electron chi connectivity index (χ2n) is 12.3. The lowest BCUT2D eigenvalue weighted by Gasteiger charge is -2.39. The third kappa shape index (κ3) is 19.3. The SMILES string of the molecule is CCCCCCCCCCCCC(=O)OC[C@H](CO[C@@H]1O[C@H](CO)[C@H](O)C(O)C1O)OC(=O)CCCCCCCCCCC. The lowest BCUT2D eigenvalue weighted by Crippen LogP contribution is -2.59. The first-order valence-electron chi connectivity index (χ1n) is 17.6. The molecule has 0 aromatic heterocycles. The molecule has 4 N–H and O–H groups in total. The summed E-state index contributed by atoms with van der Waals surface area (Å²) in [5, 5.41) is 39.7. The van der Waals surface area contributed by atoms with Gasteiger partial charge in [-0.15, -0.1) is 0 Å². The number of ether oxygens (including phenoxy) is 4. The van der Waals surface area contributed by atoms with Gasteiger partial charge in [-0.25, -0.2) is 0 Å². The van der Waals surface area contributed by atoms with Gasteiger partial charge in [-0.05, 0) is 12.8 Å². The van der Waals surface area contributed by atoms with Crippen LogP contribution in [0.1, 0.15) is 149 Å². The topological polar surface area (TPSA) is 152 Å². The van der Waals surface area contributed by atoms with Crippen molar-refractivity contribution in [2.75, 3.05) is 19.8 Å². The van der Waals surface area contributed by atoms with E-state index in [1.165, 1.54) is 77.0 Å². The lowest BCUT2D eigenvalue weighted by atomic mass is 9.99. The maximum Gasteiger partial charge on any atom is 0.306 e. The van der Waals surface area contributed by atoms with Crippen molar-refractivity contribution in [3.63, 3.8) is 0 Å². The average Bonchev–Trinajstić information content (AvgIpc) is 3.02. The molecular weight excluding hydrogens is 568 g/mol. The van der Waals surface area contributed by atoms with Gasteiger partial charge >= 0.3 is 11.9 Å². The minimum atomic E-state index is -1.59. The van der Waals surface area contributed by atoms with Crippen LogP contribution in [0.5, 0.6) is 0 Å². The molecule has 0 aromatic carbocycles. The highest BCUT2D eigenvalue weighted by Crippen LogP contribution is 2.22. The van der Waals surface area contributed by atoms with E-state index in [9.17, 15) is 30.0 Å². The maximum absolute atomic E-state index is 12.6. The van der Waals surface area contributed by atoms with E-state index in [0.717, 1.165) is 38.5 Å². The number of carbonyl (C=O) groups excluding carboxylic acids is 2. The van der Waals surface area contributed by atoms with Crippen LogP contribution in [0.15, 0.2) is 0 Å². The molecule has 44 heavy (non-hydrogen) atoms. The number of aliphatic hydroxyl groups excluding tert-OH is 4. The van der Waals surface area contributed by atoms with E-state index >= 15 is 0 Å². The molecule has 1 aliphatic rings. The van der Waals surface area contributed by atoms with Crippen LogP contribution in [0.4, 0.5) is 0 Å². The molecule has 0 aromatic rings. The number of esters is 2. The van der Waals surface area contributed by atoms with Crippen LogP contribution in [-0.4, -0.2) is 89.0 Å². The summed E-state index contributed by atoms with van der Waals surface area (Å²) in [7, 11) is 0. The number of carbonyl (C=O) groups is 2. The highest BCUT2D eigenvalue weighted by Gasteiger charge is 2.44. The van der Waals surface area contributed by atoms with Crippen LogP contribution in [0.3, 0.4) is 0 Å². The van der Waals surface area contributed by atoms with Gasteiger partial charge < -0.3 is 39.4 Å². The van der Waals surface area contributed by atoms with Gasteiger partial charge in [0.2, 0.25) is 0 Å². The van der Waals surface area contributed by atoms with Gasteiger partial charge in [0.25, 0.3) is 0 Å². The van der Waals surface area contributed by atoms with Gasteiger partial charge in [-0.1, -0.05) is 123 Å². The summed E-state index contributed by atoms with van der Waals surface area (Å²) in [6.45, 7) is 3.36. The molecule has 2 unspecified atom stereocenters. The Morgan fingerprint density at radius 1 is 0.614 bits per heavy atom. The molecule has 10 nitrogen and oxygen atoms in total. The van der Waals surface area contributed by atoms with Gasteiger partial charge in [0.15, 0.2) is 12.4 Å². The van der Waals surface area contributed by atoms with E-state index in [4.69, 9.17) is 18.9 Å². The van der Waals surface area contributed by atoms with Crippen LogP contribution in [0.2, 0.25) is 0 Å². The Kier molecular flexibility index (Phi) is 24.9. The molecule has 1 saturated heterocycles. The Hall–Kier alpha value is -1.30. The Bertz CT molecular complexity index is 704. The average molecular weight is 633 g/mol. The third-order valence-electron chi connectivity index (χ3n) is 8.24. The van der Waals surface area contributed by atoms with Crippen molar-refractivity contribution in [3.05, 3.63) is 0 Å². The first-order chi connectivity index (χ1) is 21.3. The first-order valence-corrected chi connectivity index (χ1v) is 17.6. The summed E-state index contributed by atoms with van der Waals surface area (Å²) in [5.74, 6) is -0.807. The molecule has 0 amide bonds. The molecule has 0 saturated carbocycles. The van der Waals surface area contributed by atoms with Crippen LogP contribution < -0.4 is 0 Å². The molecular formula is C34H64O10. The predicted octanol–water partition coefficient (Wildman–Crippen LogP) is 5.49. The van der Waals surface area contributed by atoms with Gasteiger partial charge in [-0.3, -0.25) is 9.59 Å². The van der Waals surface area contributed by atoms with E-state index < -0.39 is 49.4 Å². The fourth-order valence-corrected chi connectivity index (χ4v) is 5.36. The van der Waals surface area contributed by atoms with Gasteiger partial charge in [0.05, 0.1) is 13.2 Å². The number of rotatable bonds is 28. The van der Waals surface area contributed by atoms with E-state index in [1.807, 2.05) is 0 Å². The molecule has 1 fully saturated rings. The predicted molar refractivity (Wildman–Crippen MR) is 169 cm³/mol. The number of hydrogen-bond acceptors (Lipinski definition) is 10. The standard InChI is InChI=1S/C34H64O10/c1-3-5-7-9-11-13-15-16-18-20-22-29(36)41-25-27(26-42-34-33(40)32(39)31(38)28(24-35)44-34)43-30(37)23-21-19-17-14-12-10-8-6-4-2/h27-28,31-35,38-40H,3-26H2,1-2H3/t27-,28-,31+,32?,33?,34-/m1/s1. The van der Waals surface area contributed by atoms with Crippen LogP contribution in [-0.2, 0) is 28.5 Å². The summed E-state index contributed by atoms with van der Waals surface area (Å²) < 4.78 is 21.9. The van der Waals surface area contributed by atoms with Crippen molar-refractivity contribution in [1.29, 1.82) is 0 Å². The Labute approximate surface area is 266 Å². The highest BCUT2D eigenvalue weighted by atomic mass is 16.7. The fraction of sp³-hybridized carbons (Fsp3) is 0.941. The normalized spacial score (nSPS) is 22.5. The smallest absolute Gasteiger partial charge is 0.306 e. The molecule has 0 bridgehead atoms. The molecule has 0 aliphatic carbocycles. The van der Waals surface area contributed by atoms with Crippen molar-refractivity contribution >= 4 is 11.9 Å². The minimum Gasteiger partial charge on any atom is -0.462 e. The molecule has 10 heteroatoms. The molecule has 1 rings (SSSR count). The Morgan fingerprint density at radius 3 is 1.55 bits per heavy atom. The van der Waals surface area contributed by atoms with Crippen molar-refractivity contribution in [2.24, 2.45) is 0 Å². The number of aliphatic hydroxyl groups is 4. The zero-order valence-corrected chi connectivity index (χ0v) is 27.7. The summed E-state index contributed by atoms with van der Waals surface area (Å²) in [6.07, 6.45) is 14.2. The number of hydrogen-bond donors (Lipinski definition) is 4. The van der Waals surface area contributed by atoms with Gasteiger partial charge in [-0.2, -0.15) is 0 Å². The molecule has 0 radical (unpaired) electrons. The van der Waals surface area contributed by atoms with E-state index in [1.54, 1.807) is 0 Å². The molecule has 260 valence electrons. The minimum absolute atomic E-state index is 0.211. The molecule has 6 atom stereocenters. The first kappa shape index (κ1) is 40.7. The van der Waals surface area contributed by atoms with Crippen molar-refractivity contribution in [1.82, 2.24) is 0 Å². The third-order valence-corrected chi connectivity index (χ3v) is 8.24. The van der Waals surface area contributed by atoms with Crippen molar-refractivity contribution in [2.45, 2.75) is 185 Å². The van der Waals surface area contributed by atoms with Gasteiger partial charge in [0, 0.05) is 12.8 Å². The maximum atomic E-state index is 12.6. The Morgan fingerprint density at radius 2 is 1.07 bits per heavy atom. The zero-order valence-electron chi connectivity index (χ0n) is 27.7. The summed E-state index contributed by atoms with van der Waals surface area (Å²) >= 11 is 0. The van der Waals surface area contributed by atoms with E-state index in [0.29, 0.717) is 6.42 Å². The van der Waals surface area contributed by atoms with Crippen LogP contribution in [0.25, 0.3) is 0 Å². The molecule has 1 heterocycles. The monoisotopic (exact) mass is 632 g/mol. The van der Waals surface area contributed by atoms with Crippen molar-refractivity contribution < 1.29 is 49.0 Å². The molecule has 0 spiro atoms. The highest BCUT2D eigenvalue weighted by molar-refractivity contribution is 5.70. The summed E-state index contributed by atoms with van der Waals surface area (Å²) in [6, 6.07) is 0. The Balaban J connectivity index is 2.44. The quantitative estimate of drug-likeness (QED) is 0.0644. The van der Waals surface area contributed by atoms with E-state index in [2.05, 4.69) is 13.8 Å². The van der Waals surface area contributed by atoms with E-state index in [-0.39, 0.29) is 32.0 Å². The largest absolute Gasteiger partial charge is 0.462 e. The lowest BCUT2D eigenvalue weighted by molar-refractivity contribution is -0.305. The second kappa shape index (κ2) is 26.9. The van der Waals surface area contributed by atoms with Crippen molar-refractivity contribution in [3.8, 4) is 0 Å². The fourth-order valence-electron chi connectivity index (χ4n) is 5.36. The second-order valence-corrected chi connectivity index (χ2v) is 12.3. The summed E-state index contributed by atoms with van der Waals surface area (Å²) in [4.78, 5) is 25.0. The van der Waals surface area contributed by atoms with Crippen LogP contribution in [0, 0.1) is 0 Å². The van der Waals surface area contributed by atoms with Crippen LogP contribution >= 0.6 is 0 Å². The van der Waals surface area contributed by atoms with Gasteiger partial charge in [0.1, 0.15) is 31.0 Å². The number of unbranched alkanes of at least 4 members (excludes halogenated alkanes) is 17. The molecule has 1 aliphatic heterocycles. The zero-order chi connectivity index (χ0) is 32.4. The summed E-state index contributed by atoms with van der Waals surface area (Å²) in [5.41, 5.74) is 0.